The molecule has 0 fully saturated rings. The zero-order valence-electron chi connectivity index (χ0n) is 9.23. The van der Waals surface area contributed by atoms with Crippen molar-refractivity contribution in [3.63, 3.8) is 0 Å². The summed E-state index contributed by atoms with van der Waals surface area (Å²) in [6.45, 7) is 2.45. The van der Waals surface area contributed by atoms with E-state index in [0.717, 1.165) is 0 Å². The third-order valence-corrected chi connectivity index (χ3v) is 3.54. The maximum Gasteiger partial charge on any atom is 0.0636 e. The quantitative estimate of drug-likeness (QED) is 0.656. The van der Waals surface area contributed by atoms with Gasteiger partial charge in [-0.1, -0.05) is 24.3 Å². The first-order chi connectivity index (χ1) is 7.66. The monoisotopic (exact) mass is 329 g/mol. The molecule has 1 aromatic carbocycles. The molecule has 0 aromatic heterocycles. The van der Waals surface area contributed by atoms with Gasteiger partial charge in [0.2, 0.25) is 0 Å². The van der Waals surface area contributed by atoms with E-state index in [9.17, 15) is 5.11 Å². The van der Waals surface area contributed by atoms with E-state index in [2.05, 4.69) is 64.3 Å². The first-order valence-corrected chi connectivity index (χ1v) is 6.60. The van der Waals surface area contributed by atoms with E-state index in [-0.39, 0.29) is 6.10 Å². The van der Waals surface area contributed by atoms with Gasteiger partial charge in [0.25, 0.3) is 0 Å². The minimum atomic E-state index is -0.286. The molecular weight excluding hydrogens is 313 g/mol. The van der Waals surface area contributed by atoms with Crippen LogP contribution < -0.4 is 5.32 Å². The Balaban J connectivity index is 1.96. The summed E-state index contributed by atoms with van der Waals surface area (Å²) in [5.41, 5.74) is 1.34. The van der Waals surface area contributed by atoms with Crippen LogP contribution in [0.4, 0.5) is 0 Å². The fourth-order valence-electron chi connectivity index (χ4n) is 1.84. The van der Waals surface area contributed by atoms with E-state index in [1.807, 2.05) is 0 Å². The number of halogens is 1. The molecule has 3 atom stereocenters. The summed E-state index contributed by atoms with van der Waals surface area (Å²) in [5.74, 6) is 0.454. The van der Waals surface area contributed by atoms with Gasteiger partial charge in [0, 0.05) is 22.1 Å². The van der Waals surface area contributed by atoms with Crippen molar-refractivity contribution in [2.45, 2.75) is 25.0 Å². The molecule has 0 heterocycles. The van der Waals surface area contributed by atoms with E-state index in [1.165, 1.54) is 9.13 Å². The van der Waals surface area contributed by atoms with Crippen molar-refractivity contribution in [3.05, 3.63) is 45.6 Å². The van der Waals surface area contributed by atoms with E-state index < -0.39 is 0 Å². The van der Waals surface area contributed by atoms with Gasteiger partial charge in [-0.25, -0.2) is 0 Å². The Bertz CT molecular complexity index is 372. The Labute approximate surface area is 110 Å². The predicted octanol–water partition coefficient (Wildman–Crippen LogP) is 2.28. The topological polar surface area (TPSA) is 32.3 Å². The smallest absolute Gasteiger partial charge is 0.0636 e. The Morgan fingerprint density at radius 1 is 1.31 bits per heavy atom. The molecule has 0 spiro atoms. The number of aliphatic hydroxyl groups is 1. The summed E-state index contributed by atoms with van der Waals surface area (Å²) in [7, 11) is 0. The normalized spacial score (nSPS) is 25.2. The molecule has 0 saturated carbocycles. The van der Waals surface area contributed by atoms with Crippen LogP contribution >= 0.6 is 22.6 Å². The van der Waals surface area contributed by atoms with Crippen LogP contribution in [0.1, 0.15) is 18.4 Å². The maximum atomic E-state index is 9.23. The highest BCUT2D eigenvalue weighted by Gasteiger charge is 2.25. The number of benzene rings is 1. The van der Waals surface area contributed by atoms with E-state index in [4.69, 9.17) is 0 Å². The standard InChI is InChI=1S/C13H16INO/c1-9(16)8-15-13-7-6-12(13)10-2-4-11(14)5-3-10/h2-7,9,12-13,15-16H,8H2,1H3/t9-,12?,13?/m1/s1. The van der Waals surface area contributed by atoms with Crippen LogP contribution in [0.2, 0.25) is 0 Å². The van der Waals surface area contributed by atoms with Crippen LogP contribution in [-0.4, -0.2) is 23.8 Å². The average Bonchev–Trinajstić information content (AvgIpc) is 2.19. The second-order valence-corrected chi connectivity index (χ2v) is 5.49. The molecule has 2 unspecified atom stereocenters. The second kappa shape index (κ2) is 5.29. The molecular formula is C13H16INO. The summed E-state index contributed by atoms with van der Waals surface area (Å²) in [4.78, 5) is 0. The van der Waals surface area contributed by atoms with Gasteiger partial charge in [0.1, 0.15) is 0 Å². The number of rotatable bonds is 4. The van der Waals surface area contributed by atoms with Gasteiger partial charge in [0.05, 0.1) is 6.10 Å². The average molecular weight is 329 g/mol. The van der Waals surface area contributed by atoms with Gasteiger partial charge in [-0.15, -0.1) is 0 Å². The summed E-state index contributed by atoms with van der Waals surface area (Å²) >= 11 is 2.31. The third-order valence-electron chi connectivity index (χ3n) is 2.82. The van der Waals surface area contributed by atoms with E-state index in [0.29, 0.717) is 18.5 Å². The maximum absolute atomic E-state index is 9.23. The first kappa shape index (κ1) is 12.1. The largest absolute Gasteiger partial charge is 0.392 e. The zero-order valence-corrected chi connectivity index (χ0v) is 11.4. The van der Waals surface area contributed by atoms with Crippen LogP contribution in [0.25, 0.3) is 0 Å². The summed E-state index contributed by atoms with van der Waals surface area (Å²) in [5, 5.41) is 12.6. The molecule has 2 nitrogen and oxygen atoms in total. The van der Waals surface area contributed by atoms with Crippen LogP contribution in [0.15, 0.2) is 36.4 Å². The van der Waals surface area contributed by atoms with Gasteiger partial charge in [0.15, 0.2) is 0 Å². The van der Waals surface area contributed by atoms with Crippen LogP contribution in [0.3, 0.4) is 0 Å². The van der Waals surface area contributed by atoms with Crippen molar-refractivity contribution in [1.29, 1.82) is 0 Å². The highest BCUT2D eigenvalue weighted by Crippen LogP contribution is 2.29. The van der Waals surface area contributed by atoms with Crippen molar-refractivity contribution >= 4 is 22.6 Å². The van der Waals surface area contributed by atoms with Crippen molar-refractivity contribution in [2.75, 3.05) is 6.54 Å². The molecule has 1 aliphatic carbocycles. The molecule has 3 heteroatoms. The highest BCUT2D eigenvalue weighted by molar-refractivity contribution is 14.1. The number of aliphatic hydroxyl groups excluding tert-OH is 1. The lowest BCUT2D eigenvalue weighted by Crippen LogP contribution is -2.40. The molecule has 0 aliphatic heterocycles. The Hall–Kier alpha value is -0.390. The van der Waals surface area contributed by atoms with Gasteiger partial charge >= 0.3 is 0 Å². The number of nitrogens with one attached hydrogen (secondary N) is 1. The molecule has 1 aromatic rings. The molecule has 1 aliphatic rings. The van der Waals surface area contributed by atoms with Crippen LogP contribution in [-0.2, 0) is 0 Å². The van der Waals surface area contributed by atoms with Gasteiger partial charge < -0.3 is 10.4 Å². The van der Waals surface area contributed by atoms with Crippen LogP contribution in [0.5, 0.6) is 0 Å². The Morgan fingerprint density at radius 2 is 2.00 bits per heavy atom. The number of hydrogen-bond donors (Lipinski definition) is 2. The van der Waals surface area contributed by atoms with Crippen molar-refractivity contribution in [2.24, 2.45) is 0 Å². The minimum Gasteiger partial charge on any atom is -0.392 e. The fourth-order valence-corrected chi connectivity index (χ4v) is 2.20. The van der Waals surface area contributed by atoms with E-state index in [1.54, 1.807) is 6.92 Å². The molecule has 0 amide bonds. The first-order valence-electron chi connectivity index (χ1n) is 5.52. The molecule has 2 N–H and O–H groups in total. The Kier molecular flexibility index (Phi) is 4.00. The minimum absolute atomic E-state index is 0.286. The predicted molar refractivity (Wildman–Crippen MR) is 74.5 cm³/mol. The summed E-state index contributed by atoms with van der Waals surface area (Å²) in [6, 6.07) is 8.98. The summed E-state index contributed by atoms with van der Waals surface area (Å²) in [6.07, 6.45) is 4.08. The van der Waals surface area contributed by atoms with Gasteiger partial charge in [-0.2, -0.15) is 0 Å². The molecule has 0 bridgehead atoms. The third kappa shape index (κ3) is 2.84. The van der Waals surface area contributed by atoms with Gasteiger partial charge in [-0.3, -0.25) is 0 Å². The SMILES string of the molecule is C[C@@H](O)CNC1C=CC1c1ccc(I)cc1. The lowest BCUT2D eigenvalue weighted by Gasteiger charge is -2.31. The second-order valence-electron chi connectivity index (χ2n) is 4.25. The van der Waals surface area contributed by atoms with E-state index >= 15 is 0 Å². The zero-order chi connectivity index (χ0) is 11.5. The van der Waals surface area contributed by atoms with Gasteiger partial charge in [-0.05, 0) is 47.2 Å². The Morgan fingerprint density at radius 3 is 2.50 bits per heavy atom. The molecule has 16 heavy (non-hydrogen) atoms. The van der Waals surface area contributed by atoms with Crippen molar-refractivity contribution in [1.82, 2.24) is 5.32 Å². The molecule has 2 rings (SSSR count). The summed E-state index contributed by atoms with van der Waals surface area (Å²) < 4.78 is 1.26. The molecule has 0 saturated heterocycles. The fraction of sp³-hybridized carbons (Fsp3) is 0.385. The van der Waals surface area contributed by atoms with Crippen LogP contribution in [0, 0.1) is 3.57 Å². The molecule has 86 valence electrons. The van der Waals surface area contributed by atoms with Crippen molar-refractivity contribution in [3.8, 4) is 0 Å². The number of hydrogen-bond acceptors (Lipinski definition) is 2. The lowest BCUT2D eigenvalue weighted by molar-refractivity contribution is 0.186. The lowest BCUT2D eigenvalue weighted by atomic mass is 9.83. The highest BCUT2D eigenvalue weighted by atomic mass is 127. The van der Waals surface area contributed by atoms with Crippen molar-refractivity contribution < 1.29 is 5.11 Å². The molecule has 0 radical (unpaired) electrons.